The second-order valence-electron chi connectivity index (χ2n) is 4.06. The summed E-state index contributed by atoms with van der Waals surface area (Å²) in [6, 6.07) is 4.28. The second kappa shape index (κ2) is 8.03. The highest BCUT2D eigenvalue weighted by Crippen LogP contribution is 2.10. The van der Waals surface area contributed by atoms with E-state index in [2.05, 4.69) is 24.1 Å². The van der Waals surface area contributed by atoms with Crippen LogP contribution in [0.25, 0.3) is 0 Å². The molecule has 96 valence electrons. The monoisotopic (exact) mass is 238 g/mol. The molecule has 0 aliphatic rings. The van der Waals surface area contributed by atoms with E-state index >= 15 is 0 Å². The SMILES string of the molecule is CCOCCOc1ccnc(CNC(C)C)c1. The zero-order valence-corrected chi connectivity index (χ0v) is 10.9. The number of pyridine rings is 1. The number of ether oxygens (including phenoxy) is 2. The molecule has 17 heavy (non-hydrogen) atoms. The van der Waals surface area contributed by atoms with Gasteiger partial charge in [-0.1, -0.05) is 13.8 Å². The highest BCUT2D eigenvalue weighted by atomic mass is 16.5. The molecule has 0 atom stereocenters. The third kappa shape index (κ3) is 6.24. The Hall–Kier alpha value is -1.13. The summed E-state index contributed by atoms with van der Waals surface area (Å²) in [5, 5.41) is 3.32. The molecule has 0 aromatic carbocycles. The number of nitrogens with one attached hydrogen (secondary N) is 1. The van der Waals surface area contributed by atoms with Crippen LogP contribution in [0.2, 0.25) is 0 Å². The lowest BCUT2D eigenvalue weighted by Crippen LogP contribution is -2.22. The third-order valence-corrected chi connectivity index (χ3v) is 2.18. The Labute approximate surface area is 103 Å². The smallest absolute Gasteiger partial charge is 0.122 e. The van der Waals surface area contributed by atoms with Crippen LogP contribution < -0.4 is 10.1 Å². The minimum Gasteiger partial charge on any atom is -0.491 e. The van der Waals surface area contributed by atoms with Gasteiger partial charge in [-0.15, -0.1) is 0 Å². The molecule has 0 unspecified atom stereocenters. The van der Waals surface area contributed by atoms with E-state index in [1.807, 2.05) is 19.1 Å². The van der Waals surface area contributed by atoms with E-state index in [0.717, 1.165) is 24.6 Å². The topological polar surface area (TPSA) is 43.4 Å². The fourth-order valence-corrected chi connectivity index (χ4v) is 1.31. The highest BCUT2D eigenvalue weighted by molar-refractivity contribution is 5.22. The molecule has 0 saturated carbocycles. The minimum absolute atomic E-state index is 0.458. The van der Waals surface area contributed by atoms with Crippen LogP contribution in [0.4, 0.5) is 0 Å². The van der Waals surface area contributed by atoms with Crippen molar-refractivity contribution < 1.29 is 9.47 Å². The zero-order valence-electron chi connectivity index (χ0n) is 10.9. The van der Waals surface area contributed by atoms with Crippen LogP contribution in [0.1, 0.15) is 26.5 Å². The maximum absolute atomic E-state index is 5.56. The number of hydrogen-bond donors (Lipinski definition) is 1. The lowest BCUT2D eigenvalue weighted by Gasteiger charge is -2.09. The Bertz CT molecular complexity index is 316. The summed E-state index contributed by atoms with van der Waals surface area (Å²) < 4.78 is 10.8. The normalized spacial score (nSPS) is 10.8. The molecule has 0 saturated heterocycles. The standard InChI is InChI=1S/C13H22N2O2/c1-4-16-7-8-17-13-5-6-14-12(9-13)10-15-11(2)3/h5-6,9,11,15H,4,7-8,10H2,1-3H3. The van der Waals surface area contributed by atoms with Crippen LogP contribution in [-0.4, -0.2) is 30.8 Å². The molecule has 0 bridgehead atoms. The van der Waals surface area contributed by atoms with Gasteiger partial charge in [-0.25, -0.2) is 0 Å². The Morgan fingerprint density at radius 2 is 2.18 bits per heavy atom. The molecule has 0 aliphatic carbocycles. The van der Waals surface area contributed by atoms with Crippen LogP contribution in [0.3, 0.4) is 0 Å². The van der Waals surface area contributed by atoms with Gasteiger partial charge in [0.2, 0.25) is 0 Å². The van der Waals surface area contributed by atoms with Gasteiger partial charge in [0.05, 0.1) is 12.3 Å². The number of aromatic nitrogens is 1. The predicted molar refractivity (Wildman–Crippen MR) is 68.2 cm³/mol. The Morgan fingerprint density at radius 3 is 2.88 bits per heavy atom. The molecule has 1 aromatic heterocycles. The summed E-state index contributed by atoms with van der Waals surface area (Å²) in [6.45, 7) is 8.89. The molecular formula is C13H22N2O2. The van der Waals surface area contributed by atoms with Crippen molar-refractivity contribution in [1.29, 1.82) is 0 Å². The van der Waals surface area contributed by atoms with E-state index in [1.165, 1.54) is 0 Å². The third-order valence-electron chi connectivity index (χ3n) is 2.18. The van der Waals surface area contributed by atoms with E-state index in [-0.39, 0.29) is 0 Å². The second-order valence-corrected chi connectivity index (χ2v) is 4.06. The van der Waals surface area contributed by atoms with Gasteiger partial charge in [0.1, 0.15) is 12.4 Å². The molecule has 4 nitrogen and oxygen atoms in total. The van der Waals surface area contributed by atoms with Crippen LogP contribution in [0, 0.1) is 0 Å². The van der Waals surface area contributed by atoms with Gasteiger partial charge in [-0.05, 0) is 13.0 Å². The summed E-state index contributed by atoms with van der Waals surface area (Å²) >= 11 is 0. The van der Waals surface area contributed by atoms with E-state index in [1.54, 1.807) is 6.20 Å². The largest absolute Gasteiger partial charge is 0.491 e. The Kier molecular flexibility index (Phi) is 6.58. The zero-order chi connectivity index (χ0) is 12.5. The van der Waals surface area contributed by atoms with E-state index in [0.29, 0.717) is 19.3 Å². The van der Waals surface area contributed by atoms with Crippen molar-refractivity contribution in [2.45, 2.75) is 33.4 Å². The number of nitrogens with zero attached hydrogens (tertiary/aromatic N) is 1. The first-order valence-corrected chi connectivity index (χ1v) is 6.11. The van der Waals surface area contributed by atoms with Crippen LogP contribution in [-0.2, 0) is 11.3 Å². The Morgan fingerprint density at radius 1 is 1.35 bits per heavy atom. The molecule has 0 fully saturated rings. The Balaban J connectivity index is 2.37. The summed E-state index contributed by atoms with van der Waals surface area (Å²) in [7, 11) is 0. The lowest BCUT2D eigenvalue weighted by molar-refractivity contribution is 0.110. The van der Waals surface area contributed by atoms with Crippen LogP contribution >= 0.6 is 0 Å². The summed E-state index contributed by atoms with van der Waals surface area (Å²) in [5.41, 5.74) is 0.993. The summed E-state index contributed by atoms with van der Waals surface area (Å²) in [4.78, 5) is 4.28. The summed E-state index contributed by atoms with van der Waals surface area (Å²) in [5.74, 6) is 0.847. The molecule has 0 aliphatic heterocycles. The van der Waals surface area contributed by atoms with Crippen molar-refractivity contribution in [3.8, 4) is 5.75 Å². The van der Waals surface area contributed by atoms with Crippen molar-refractivity contribution in [3.63, 3.8) is 0 Å². The van der Waals surface area contributed by atoms with Gasteiger partial charge < -0.3 is 14.8 Å². The maximum atomic E-state index is 5.56. The van der Waals surface area contributed by atoms with Crippen molar-refractivity contribution >= 4 is 0 Å². The van der Waals surface area contributed by atoms with Crippen molar-refractivity contribution in [1.82, 2.24) is 10.3 Å². The van der Waals surface area contributed by atoms with E-state index in [4.69, 9.17) is 9.47 Å². The van der Waals surface area contributed by atoms with Gasteiger partial charge in [0, 0.05) is 31.5 Å². The van der Waals surface area contributed by atoms with Crippen molar-refractivity contribution in [2.75, 3.05) is 19.8 Å². The molecule has 0 spiro atoms. The predicted octanol–water partition coefficient (Wildman–Crippen LogP) is 1.99. The average Bonchev–Trinajstić information content (AvgIpc) is 2.33. The van der Waals surface area contributed by atoms with Crippen molar-refractivity contribution in [2.24, 2.45) is 0 Å². The van der Waals surface area contributed by atoms with E-state index < -0.39 is 0 Å². The maximum Gasteiger partial charge on any atom is 0.122 e. The number of rotatable bonds is 8. The van der Waals surface area contributed by atoms with Gasteiger partial charge in [0.15, 0.2) is 0 Å². The van der Waals surface area contributed by atoms with Gasteiger partial charge in [-0.2, -0.15) is 0 Å². The summed E-state index contributed by atoms with van der Waals surface area (Å²) in [6.07, 6.45) is 1.77. The molecule has 1 rings (SSSR count). The molecular weight excluding hydrogens is 216 g/mol. The van der Waals surface area contributed by atoms with Crippen molar-refractivity contribution in [3.05, 3.63) is 24.0 Å². The molecule has 1 N–H and O–H groups in total. The fourth-order valence-electron chi connectivity index (χ4n) is 1.31. The fraction of sp³-hybridized carbons (Fsp3) is 0.615. The molecule has 4 heteroatoms. The first-order valence-electron chi connectivity index (χ1n) is 6.11. The van der Waals surface area contributed by atoms with E-state index in [9.17, 15) is 0 Å². The van der Waals surface area contributed by atoms with Crippen LogP contribution in [0.5, 0.6) is 5.75 Å². The molecule has 0 radical (unpaired) electrons. The van der Waals surface area contributed by atoms with Gasteiger partial charge in [0.25, 0.3) is 0 Å². The first kappa shape index (κ1) is 13.9. The average molecular weight is 238 g/mol. The van der Waals surface area contributed by atoms with Crippen LogP contribution in [0.15, 0.2) is 18.3 Å². The lowest BCUT2D eigenvalue weighted by atomic mass is 10.3. The molecule has 1 aromatic rings. The minimum atomic E-state index is 0.458. The number of hydrogen-bond acceptors (Lipinski definition) is 4. The molecule has 0 amide bonds. The highest BCUT2D eigenvalue weighted by Gasteiger charge is 1.99. The molecule has 1 heterocycles. The quantitative estimate of drug-likeness (QED) is 0.703. The first-order chi connectivity index (χ1) is 8.22. The van der Waals surface area contributed by atoms with Gasteiger partial charge in [-0.3, -0.25) is 4.98 Å². The van der Waals surface area contributed by atoms with Gasteiger partial charge >= 0.3 is 0 Å².